The van der Waals surface area contributed by atoms with E-state index in [0.717, 1.165) is 21.3 Å². The van der Waals surface area contributed by atoms with Gasteiger partial charge < -0.3 is 10.3 Å². The minimum absolute atomic E-state index is 0.123. The average Bonchev–Trinajstić information content (AvgIpc) is 2.78. The maximum absolute atomic E-state index is 12.2. The van der Waals surface area contributed by atoms with Gasteiger partial charge in [0.2, 0.25) is 0 Å². The summed E-state index contributed by atoms with van der Waals surface area (Å²) in [6, 6.07) is 7.85. The zero-order valence-corrected chi connectivity index (χ0v) is 12.8. The van der Waals surface area contributed by atoms with Gasteiger partial charge >= 0.3 is 0 Å². The molecule has 100 valence electrons. The van der Waals surface area contributed by atoms with Gasteiger partial charge in [0.25, 0.3) is 5.91 Å². The quantitative estimate of drug-likeness (QED) is 0.861. The van der Waals surface area contributed by atoms with E-state index in [1.54, 1.807) is 12.3 Å². The summed E-state index contributed by atoms with van der Waals surface area (Å²) in [5.41, 5.74) is 3.68. The lowest BCUT2D eigenvalue weighted by Gasteiger charge is -2.16. The number of rotatable bonds is 3. The molecule has 1 aromatic carbocycles. The molecule has 2 aromatic rings. The Balaban J connectivity index is 2.31. The van der Waals surface area contributed by atoms with Crippen LogP contribution in [0.2, 0.25) is 0 Å². The van der Waals surface area contributed by atoms with E-state index in [0.29, 0.717) is 11.6 Å². The summed E-state index contributed by atoms with van der Waals surface area (Å²) in [4.78, 5) is 15.1. The minimum atomic E-state index is -0.123. The first-order valence-corrected chi connectivity index (χ1v) is 7.03. The van der Waals surface area contributed by atoms with E-state index in [-0.39, 0.29) is 5.91 Å². The van der Waals surface area contributed by atoms with Gasteiger partial charge in [0, 0.05) is 16.4 Å². The molecule has 0 fully saturated rings. The van der Waals surface area contributed by atoms with Crippen LogP contribution in [0.3, 0.4) is 0 Å². The maximum atomic E-state index is 12.2. The van der Waals surface area contributed by atoms with Crippen molar-refractivity contribution in [3.8, 4) is 0 Å². The highest BCUT2D eigenvalue weighted by molar-refractivity contribution is 9.10. The first-order chi connectivity index (χ1) is 8.99. The molecule has 0 spiro atoms. The number of nitrogens with one attached hydrogen (secondary N) is 2. The van der Waals surface area contributed by atoms with Crippen molar-refractivity contribution in [2.45, 2.75) is 26.7 Å². The van der Waals surface area contributed by atoms with Gasteiger partial charge in [0.05, 0.1) is 0 Å². The molecule has 0 unspecified atom stereocenters. The first kappa shape index (κ1) is 13.9. The van der Waals surface area contributed by atoms with Crippen molar-refractivity contribution in [1.82, 2.24) is 4.98 Å². The van der Waals surface area contributed by atoms with Gasteiger partial charge in [-0.05, 0) is 46.0 Å². The molecule has 0 aliphatic carbocycles. The lowest BCUT2D eigenvalue weighted by Crippen LogP contribution is -2.15. The lowest BCUT2D eigenvalue weighted by molar-refractivity contribution is 0.102. The number of carbonyl (C=O) groups is 1. The normalized spacial score (nSPS) is 10.8. The molecule has 4 heteroatoms. The summed E-state index contributed by atoms with van der Waals surface area (Å²) in [5, 5.41) is 3.00. The Morgan fingerprint density at radius 1 is 1.37 bits per heavy atom. The van der Waals surface area contributed by atoms with Crippen LogP contribution in [-0.2, 0) is 0 Å². The van der Waals surface area contributed by atoms with E-state index in [9.17, 15) is 4.79 Å². The number of hydrogen-bond acceptors (Lipinski definition) is 1. The summed E-state index contributed by atoms with van der Waals surface area (Å²) in [5.74, 6) is 0.243. The van der Waals surface area contributed by atoms with Gasteiger partial charge in [-0.3, -0.25) is 4.79 Å². The highest BCUT2D eigenvalue weighted by atomic mass is 79.9. The molecule has 1 aromatic heterocycles. The SMILES string of the molecule is Cc1cccc(C(C)C)c1NC(=O)c1cc(Br)c[nH]1. The number of H-pyrrole nitrogens is 1. The number of aryl methyl sites for hydroxylation is 1. The molecule has 2 N–H and O–H groups in total. The van der Waals surface area contributed by atoms with Crippen LogP contribution in [0.25, 0.3) is 0 Å². The molecular formula is C15H17BrN2O. The predicted octanol–water partition coefficient (Wildman–Crippen LogP) is 4.46. The second kappa shape index (κ2) is 5.61. The molecule has 1 heterocycles. The highest BCUT2D eigenvalue weighted by Crippen LogP contribution is 2.27. The van der Waals surface area contributed by atoms with Crippen molar-refractivity contribution in [2.24, 2.45) is 0 Å². The Bertz CT molecular complexity index is 602. The van der Waals surface area contributed by atoms with Crippen molar-refractivity contribution in [3.05, 3.63) is 51.8 Å². The maximum Gasteiger partial charge on any atom is 0.272 e. The smallest absolute Gasteiger partial charge is 0.272 e. The largest absolute Gasteiger partial charge is 0.356 e. The Labute approximate surface area is 121 Å². The molecule has 0 aliphatic heterocycles. The van der Waals surface area contributed by atoms with Gasteiger partial charge in [0.15, 0.2) is 0 Å². The van der Waals surface area contributed by atoms with Gasteiger partial charge in [-0.25, -0.2) is 0 Å². The summed E-state index contributed by atoms with van der Waals surface area (Å²) in [6.07, 6.45) is 1.75. The summed E-state index contributed by atoms with van der Waals surface area (Å²) in [6.45, 7) is 6.25. The van der Waals surface area contributed by atoms with Crippen LogP contribution in [0.1, 0.15) is 41.4 Å². The first-order valence-electron chi connectivity index (χ1n) is 6.24. The van der Waals surface area contributed by atoms with Gasteiger partial charge in [-0.2, -0.15) is 0 Å². The molecule has 0 atom stereocenters. The van der Waals surface area contributed by atoms with E-state index in [1.165, 1.54) is 0 Å². The van der Waals surface area contributed by atoms with Gasteiger partial charge in [-0.1, -0.05) is 32.0 Å². The van der Waals surface area contributed by atoms with E-state index in [1.807, 2.05) is 19.1 Å². The Kier molecular flexibility index (Phi) is 4.10. The molecule has 0 radical (unpaired) electrons. The van der Waals surface area contributed by atoms with Crippen LogP contribution in [-0.4, -0.2) is 10.9 Å². The van der Waals surface area contributed by atoms with Crippen molar-refractivity contribution >= 4 is 27.5 Å². The fourth-order valence-corrected chi connectivity index (χ4v) is 2.37. The number of benzene rings is 1. The van der Waals surface area contributed by atoms with E-state index < -0.39 is 0 Å². The van der Waals surface area contributed by atoms with Gasteiger partial charge in [-0.15, -0.1) is 0 Å². The number of anilines is 1. The molecule has 1 amide bonds. The molecule has 19 heavy (non-hydrogen) atoms. The van der Waals surface area contributed by atoms with Crippen LogP contribution >= 0.6 is 15.9 Å². The number of para-hydroxylation sites is 1. The third kappa shape index (κ3) is 3.07. The number of carbonyl (C=O) groups excluding carboxylic acids is 1. The predicted molar refractivity (Wildman–Crippen MR) is 81.7 cm³/mol. The fraction of sp³-hybridized carbons (Fsp3) is 0.267. The Morgan fingerprint density at radius 3 is 2.68 bits per heavy atom. The third-order valence-electron chi connectivity index (χ3n) is 3.06. The van der Waals surface area contributed by atoms with Crippen molar-refractivity contribution in [2.75, 3.05) is 5.32 Å². The number of amides is 1. The van der Waals surface area contributed by atoms with Gasteiger partial charge in [0.1, 0.15) is 5.69 Å². The number of halogens is 1. The zero-order chi connectivity index (χ0) is 14.0. The minimum Gasteiger partial charge on any atom is -0.356 e. The van der Waals surface area contributed by atoms with E-state index in [2.05, 4.69) is 46.1 Å². The van der Waals surface area contributed by atoms with Crippen molar-refractivity contribution in [1.29, 1.82) is 0 Å². The molecular weight excluding hydrogens is 304 g/mol. The standard InChI is InChI=1S/C15H17BrN2O/c1-9(2)12-6-4-5-10(3)14(12)18-15(19)13-7-11(16)8-17-13/h4-9,17H,1-3H3,(H,18,19). The van der Waals surface area contributed by atoms with Crippen LogP contribution < -0.4 is 5.32 Å². The van der Waals surface area contributed by atoms with Crippen molar-refractivity contribution in [3.63, 3.8) is 0 Å². The van der Waals surface area contributed by atoms with Crippen LogP contribution in [0.5, 0.6) is 0 Å². The molecule has 3 nitrogen and oxygen atoms in total. The number of aromatic amines is 1. The monoisotopic (exact) mass is 320 g/mol. The summed E-state index contributed by atoms with van der Waals surface area (Å²) >= 11 is 3.33. The topological polar surface area (TPSA) is 44.9 Å². The second-order valence-corrected chi connectivity index (χ2v) is 5.80. The number of aromatic nitrogens is 1. The summed E-state index contributed by atoms with van der Waals surface area (Å²) < 4.78 is 0.867. The van der Waals surface area contributed by atoms with Crippen molar-refractivity contribution < 1.29 is 4.79 Å². The Morgan fingerprint density at radius 2 is 2.11 bits per heavy atom. The second-order valence-electron chi connectivity index (χ2n) is 4.88. The molecule has 0 bridgehead atoms. The van der Waals surface area contributed by atoms with Crippen LogP contribution in [0.4, 0.5) is 5.69 Å². The fourth-order valence-electron chi connectivity index (χ4n) is 2.02. The molecule has 2 rings (SSSR count). The van der Waals surface area contributed by atoms with Crippen LogP contribution in [0, 0.1) is 6.92 Å². The third-order valence-corrected chi connectivity index (χ3v) is 3.52. The molecule has 0 saturated heterocycles. The average molecular weight is 321 g/mol. The van der Waals surface area contributed by atoms with E-state index >= 15 is 0 Å². The van der Waals surface area contributed by atoms with Crippen LogP contribution in [0.15, 0.2) is 34.9 Å². The van der Waals surface area contributed by atoms with E-state index in [4.69, 9.17) is 0 Å². The lowest BCUT2D eigenvalue weighted by atomic mass is 9.98. The summed E-state index contributed by atoms with van der Waals surface area (Å²) in [7, 11) is 0. The number of hydrogen-bond donors (Lipinski definition) is 2. The Hall–Kier alpha value is -1.55. The molecule has 0 saturated carbocycles. The zero-order valence-electron chi connectivity index (χ0n) is 11.3. The molecule has 0 aliphatic rings. The highest BCUT2D eigenvalue weighted by Gasteiger charge is 2.14.